The van der Waals surface area contributed by atoms with Gasteiger partial charge in [0.05, 0.1) is 6.61 Å². The average Bonchev–Trinajstić information content (AvgIpc) is 2.37. The quantitative estimate of drug-likeness (QED) is 0.488. The predicted octanol–water partition coefficient (Wildman–Crippen LogP) is 3.92. The Morgan fingerprint density at radius 2 is 1.73 bits per heavy atom. The average molecular weight is 366 g/mol. The zero-order valence-corrected chi connectivity index (χ0v) is 12.8. The van der Waals surface area contributed by atoms with Crippen molar-refractivity contribution >= 4 is 30.1 Å². The van der Waals surface area contributed by atoms with Gasteiger partial charge in [0.2, 0.25) is 0 Å². The van der Waals surface area contributed by atoms with E-state index in [0.717, 1.165) is 24.3 Å². The molecular weight excluding hydrogens is 353 g/mol. The molecule has 0 radical (unpaired) electrons. The van der Waals surface area contributed by atoms with Gasteiger partial charge in [-0.1, -0.05) is 12.1 Å². The molecule has 1 rings (SSSR count). The van der Waals surface area contributed by atoms with Crippen molar-refractivity contribution in [3.63, 3.8) is 0 Å². The number of halogens is 6. The van der Waals surface area contributed by atoms with E-state index in [1.165, 1.54) is 6.92 Å². The molecule has 126 valence electrons. The maximum atomic E-state index is 13.7. The van der Waals surface area contributed by atoms with Crippen LogP contribution in [0.1, 0.15) is 18.5 Å². The van der Waals surface area contributed by atoms with Gasteiger partial charge in [-0.25, -0.2) is 4.79 Å². The number of ether oxygens (including phenoxy) is 1. The van der Waals surface area contributed by atoms with Crippen LogP contribution < -0.4 is 5.73 Å². The van der Waals surface area contributed by atoms with E-state index in [9.17, 15) is 26.7 Å². The molecule has 0 aliphatic carbocycles. The second-order valence-corrected chi connectivity index (χ2v) is 5.08. The SMILES string of the molecule is CCOC(=O)C(F)(F)[C@H](N)c1ccc(SC(F)(F)F)cc1.Cl. The van der Waals surface area contributed by atoms with Gasteiger partial charge >= 0.3 is 17.4 Å². The third-order valence-corrected chi connectivity index (χ3v) is 3.15. The van der Waals surface area contributed by atoms with E-state index in [2.05, 4.69) is 4.74 Å². The Hall–Kier alpha value is -1.06. The van der Waals surface area contributed by atoms with E-state index in [0.29, 0.717) is 0 Å². The third kappa shape index (κ3) is 5.62. The minimum Gasteiger partial charge on any atom is -0.462 e. The van der Waals surface area contributed by atoms with Crippen molar-refractivity contribution in [2.24, 2.45) is 5.73 Å². The van der Waals surface area contributed by atoms with Crippen molar-refractivity contribution in [2.45, 2.75) is 29.3 Å². The normalized spacial score (nSPS) is 13.2. The van der Waals surface area contributed by atoms with Crippen molar-refractivity contribution in [1.82, 2.24) is 0 Å². The van der Waals surface area contributed by atoms with Gasteiger partial charge < -0.3 is 10.5 Å². The third-order valence-electron chi connectivity index (χ3n) is 2.41. The molecule has 0 fully saturated rings. The van der Waals surface area contributed by atoms with Crippen LogP contribution in [0.15, 0.2) is 29.2 Å². The number of hydrogen-bond acceptors (Lipinski definition) is 4. The van der Waals surface area contributed by atoms with E-state index in [1.54, 1.807) is 0 Å². The van der Waals surface area contributed by atoms with Gasteiger partial charge in [-0.15, -0.1) is 12.4 Å². The van der Waals surface area contributed by atoms with Crippen molar-refractivity contribution in [1.29, 1.82) is 0 Å². The summed E-state index contributed by atoms with van der Waals surface area (Å²) in [6.07, 6.45) is 0. The van der Waals surface area contributed by atoms with Crippen molar-refractivity contribution < 1.29 is 31.5 Å². The highest BCUT2D eigenvalue weighted by Crippen LogP contribution is 2.38. The first kappa shape index (κ1) is 20.9. The van der Waals surface area contributed by atoms with Gasteiger partial charge in [-0.05, 0) is 36.4 Å². The Bertz CT molecular complexity index is 495. The van der Waals surface area contributed by atoms with Gasteiger partial charge in [0.25, 0.3) is 0 Å². The minimum atomic E-state index is -4.47. The molecule has 22 heavy (non-hydrogen) atoms. The zero-order valence-electron chi connectivity index (χ0n) is 11.2. The molecule has 0 spiro atoms. The summed E-state index contributed by atoms with van der Waals surface area (Å²) in [6.45, 7) is 1.13. The van der Waals surface area contributed by atoms with Crippen molar-refractivity contribution in [3.05, 3.63) is 29.8 Å². The lowest BCUT2D eigenvalue weighted by molar-refractivity contribution is -0.174. The van der Waals surface area contributed by atoms with E-state index in [1.807, 2.05) is 0 Å². The maximum absolute atomic E-state index is 13.7. The van der Waals surface area contributed by atoms with Gasteiger partial charge in [0, 0.05) is 4.90 Å². The summed E-state index contributed by atoms with van der Waals surface area (Å²) in [7, 11) is 0. The highest BCUT2D eigenvalue weighted by Gasteiger charge is 2.47. The molecular formula is C12H13ClF5NO2S. The predicted molar refractivity (Wildman–Crippen MR) is 74.1 cm³/mol. The Balaban J connectivity index is 0.00000441. The molecule has 0 heterocycles. The first-order valence-corrected chi connectivity index (χ1v) is 6.56. The minimum absolute atomic E-state index is 0. The fourth-order valence-corrected chi connectivity index (χ4v) is 1.98. The molecule has 3 nitrogen and oxygen atoms in total. The standard InChI is InChI=1S/C12H12F5NO2S.ClH/c1-2-20-10(19)11(13,14)9(18)7-3-5-8(6-4-7)21-12(15,16)17;/h3-6,9H,2,18H2,1H3;1H/t9-;/m1./s1. The molecule has 0 aliphatic heterocycles. The molecule has 0 aliphatic rings. The molecule has 0 unspecified atom stereocenters. The molecule has 10 heteroatoms. The van der Waals surface area contributed by atoms with Crippen LogP contribution in [-0.4, -0.2) is 24.0 Å². The van der Waals surface area contributed by atoms with Gasteiger partial charge in [0.15, 0.2) is 0 Å². The maximum Gasteiger partial charge on any atom is 0.446 e. The molecule has 1 aromatic rings. The first-order chi connectivity index (χ1) is 9.58. The highest BCUT2D eigenvalue weighted by molar-refractivity contribution is 8.00. The fraction of sp³-hybridized carbons (Fsp3) is 0.417. The highest BCUT2D eigenvalue weighted by atomic mass is 35.5. The Morgan fingerprint density at radius 3 is 2.14 bits per heavy atom. The molecule has 1 atom stereocenters. The summed E-state index contributed by atoms with van der Waals surface area (Å²) >= 11 is -0.377. The van der Waals surface area contributed by atoms with Crippen LogP contribution in [-0.2, 0) is 9.53 Å². The van der Waals surface area contributed by atoms with Crippen LogP contribution in [0.2, 0.25) is 0 Å². The summed E-state index contributed by atoms with van der Waals surface area (Å²) in [5.74, 6) is -5.74. The van der Waals surface area contributed by atoms with Crippen LogP contribution in [0.25, 0.3) is 0 Å². The number of hydrogen-bond donors (Lipinski definition) is 1. The zero-order chi connectivity index (χ0) is 16.3. The number of esters is 1. The number of alkyl halides is 5. The molecule has 0 amide bonds. The van der Waals surface area contributed by atoms with Crippen LogP contribution in [0, 0.1) is 0 Å². The lowest BCUT2D eigenvalue weighted by Crippen LogP contribution is -2.41. The number of benzene rings is 1. The number of nitrogens with two attached hydrogens (primary N) is 1. The van der Waals surface area contributed by atoms with E-state index >= 15 is 0 Å². The number of thioether (sulfide) groups is 1. The molecule has 2 N–H and O–H groups in total. The Labute approximate surface area is 133 Å². The van der Waals surface area contributed by atoms with Crippen LogP contribution in [0.4, 0.5) is 22.0 Å². The molecule has 1 aromatic carbocycles. The summed E-state index contributed by atoms with van der Waals surface area (Å²) < 4.78 is 68.0. The Morgan fingerprint density at radius 1 is 1.23 bits per heavy atom. The molecule has 0 saturated carbocycles. The van der Waals surface area contributed by atoms with Gasteiger partial charge in [-0.3, -0.25) is 0 Å². The number of carbonyl (C=O) groups excluding carboxylic acids is 1. The van der Waals surface area contributed by atoms with Gasteiger partial charge in [-0.2, -0.15) is 22.0 Å². The molecule has 0 bridgehead atoms. The van der Waals surface area contributed by atoms with Crippen LogP contribution in [0.5, 0.6) is 0 Å². The summed E-state index contributed by atoms with van der Waals surface area (Å²) in [6, 6.07) is 2.06. The molecule has 0 aromatic heterocycles. The summed E-state index contributed by atoms with van der Waals surface area (Å²) in [5.41, 5.74) is 0.661. The monoisotopic (exact) mass is 365 g/mol. The van der Waals surface area contributed by atoms with Crippen molar-refractivity contribution in [3.8, 4) is 0 Å². The van der Waals surface area contributed by atoms with Crippen LogP contribution >= 0.6 is 24.2 Å². The first-order valence-electron chi connectivity index (χ1n) is 5.74. The summed E-state index contributed by atoms with van der Waals surface area (Å²) in [4.78, 5) is 11.0. The number of carbonyl (C=O) groups is 1. The summed E-state index contributed by atoms with van der Waals surface area (Å²) in [5, 5.41) is 0. The number of rotatable bonds is 5. The lowest BCUT2D eigenvalue weighted by Gasteiger charge is -2.22. The lowest BCUT2D eigenvalue weighted by atomic mass is 10.0. The van der Waals surface area contributed by atoms with Crippen LogP contribution in [0.3, 0.4) is 0 Å². The van der Waals surface area contributed by atoms with E-state index in [4.69, 9.17) is 5.73 Å². The van der Waals surface area contributed by atoms with E-state index in [-0.39, 0.29) is 41.2 Å². The van der Waals surface area contributed by atoms with Crippen molar-refractivity contribution in [2.75, 3.05) is 6.61 Å². The fourth-order valence-electron chi connectivity index (χ4n) is 1.44. The Kier molecular flexibility index (Phi) is 7.60. The second kappa shape index (κ2) is 7.98. The topological polar surface area (TPSA) is 52.3 Å². The second-order valence-electron chi connectivity index (χ2n) is 3.94. The smallest absolute Gasteiger partial charge is 0.446 e. The molecule has 0 saturated heterocycles. The van der Waals surface area contributed by atoms with Gasteiger partial charge in [0.1, 0.15) is 6.04 Å². The van der Waals surface area contributed by atoms with E-state index < -0.39 is 23.4 Å². The largest absolute Gasteiger partial charge is 0.462 e.